The molecule has 0 spiro atoms. The zero-order valence-corrected chi connectivity index (χ0v) is 21.6. The van der Waals surface area contributed by atoms with E-state index in [0.717, 1.165) is 12.5 Å². The van der Waals surface area contributed by atoms with Gasteiger partial charge in [0.25, 0.3) is 0 Å². The SMILES string of the molecule is C=C(F)C(F)(F)OC(F)(C(F)(F)F)C(F)(F)OC(F)(C(F)(F)F)C(F)(F)OC(F)(C(=O)[O-])C(F)(F)F.C[n+]1ccn(C(F)(F)C(F)F)c1. The molecule has 1 aromatic rings. The molecule has 7 nitrogen and oxygen atoms in total. The summed E-state index contributed by atoms with van der Waals surface area (Å²) in [6, 6.07) is -4.12. The summed E-state index contributed by atoms with van der Waals surface area (Å²) >= 11 is 0. The molecule has 0 fully saturated rings. The molecule has 3 atom stereocenters. The van der Waals surface area contributed by atoms with Gasteiger partial charge in [0.05, 0.1) is 7.05 Å². The lowest BCUT2D eigenvalue weighted by Gasteiger charge is -2.42. The third-order valence-corrected chi connectivity index (χ3v) is 4.60. The van der Waals surface area contributed by atoms with Crippen LogP contribution in [0.5, 0.6) is 0 Å². The number of halogens is 23. The lowest BCUT2D eigenvalue weighted by atomic mass is 10.2. The van der Waals surface area contributed by atoms with Crippen LogP contribution < -0.4 is 9.67 Å². The summed E-state index contributed by atoms with van der Waals surface area (Å²) in [7, 11) is 1.47. The van der Waals surface area contributed by atoms with Gasteiger partial charge >= 0.3 is 66.9 Å². The van der Waals surface area contributed by atoms with Gasteiger partial charge in [-0.3, -0.25) is 14.2 Å². The molecule has 0 radical (unpaired) electrons. The Morgan fingerprint density at radius 3 is 1.35 bits per heavy atom. The summed E-state index contributed by atoms with van der Waals surface area (Å²) in [4.78, 5) is 10.1. The standard InChI is InChI=1S/C12H3F19O5.C6H7F4N2/c1-2(13)5(15,16)35-6(17,9(22,23)24)12(30,31)36-7(18,10(25,26)27)11(28,29)34-4(14,3(32)33)8(19,20)21;1-11-2-3-12(4-11)6(9,10)5(7)8/h1H2,(H,32,33);2-5H,1H3/q;+1/p-1. The van der Waals surface area contributed by atoms with Crippen LogP contribution in [0.25, 0.3) is 0 Å². The first-order valence-electron chi connectivity index (χ1n) is 10.5. The van der Waals surface area contributed by atoms with Crippen LogP contribution in [0.15, 0.2) is 31.1 Å². The number of aromatic nitrogens is 2. The molecule has 0 saturated heterocycles. The maximum atomic E-state index is 13.9. The maximum Gasteiger partial charge on any atom is 0.459 e. The highest BCUT2D eigenvalue weighted by Gasteiger charge is 2.86. The van der Waals surface area contributed by atoms with Gasteiger partial charge in [-0.2, -0.15) is 101 Å². The van der Waals surface area contributed by atoms with E-state index in [0.29, 0.717) is 0 Å². The zero-order valence-electron chi connectivity index (χ0n) is 21.6. The minimum atomic E-state index is -8.35. The summed E-state index contributed by atoms with van der Waals surface area (Å²) in [5.41, 5.74) is 0. The second-order valence-electron chi connectivity index (χ2n) is 8.20. The first-order chi connectivity index (χ1) is 20.7. The van der Waals surface area contributed by atoms with Crippen molar-refractivity contribution in [3.63, 3.8) is 0 Å². The van der Waals surface area contributed by atoms with Crippen molar-refractivity contribution in [3.05, 3.63) is 31.1 Å². The molecular weight excluding hydrogens is 761 g/mol. The van der Waals surface area contributed by atoms with Gasteiger partial charge in [-0.1, -0.05) is 6.58 Å². The third-order valence-electron chi connectivity index (χ3n) is 4.60. The van der Waals surface area contributed by atoms with Gasteiger partial charge in [0.1, 0.15) is 18.4 Å². The fraction of sp³-hybridized carbons (Fsp3) is 0.667. The fourth-order valence-electron chi connectivity index (χ4n) is 2.24. The predicted octanol–water partition coefficient (Wildman–Crippen LogP) is 5.86. The summed E-state index contributed by atoms with van der Waals surface area (Å²) in [6.45, 7) is 1.44. The third kappa shape index (κ3) is 8.64. The molecule has 0 aliphatic rings. The van der Waals surface area contributed by atoms with E-state index in [-0.39, 0.29) is 4.57 Å². The highest BCUT2D eigenvalue weighted by atomic mass is 19.4. The van der Waals surface area contributed by atoms with Crippen LogP contribution in [0.3, 0.4) is 0 Å². The number of hydrogen-bond acceptors (Lipinski definition) is 5. The highest BCUT2D eigenvalue weighted by molar-refractivity contribution is 5.74. The molecule has 30 heteroatoms. The van der Waals surface area contributed by atoms with Crippen molar-refractivity contribution < 1.29 is 130 Å². The summed E-state index contributed by atoms with van der Waals surface area (Å²) < 4.78 is 301. The average Bonchev–Trinajstić information content (AvgIpc) is 3.28. The number of nitrogens with zero attached hydrogens (tertiary/aromatic N) is 2. The van der Waals surface area contributed by atoms with Crippen LogP contribution in [0.1, 0.15) is 0 Å². The van der Waals surface area contributed by atoms with E-state index in [1.54, 1.807) is 4.74 Å². The minimum absolute atomic E-state index is 0.178. The number of carbonyl (C=O) groups excluding carboxylic acids is 1. The van der Waals surface area contributed by atoms with Gasteiger partial charge < -0.3 is 9.90 Å². The fourth-order valence-corrected chi connectivity index (χ4v) is 2.24. The summed E-state index contributed by atoms with van der Waals surface area (Å²) in [5, 5.41) is 10.1. The van der Waals surface area contributed by atoms with Crippen molar-refractivity contribution >= 4 is 5.97 Å². The van der Waals surface area contributed by atoms with Gasteiger partial charge in [0, 0.05) is 0 Å². The quantitative estimate of drug-likeness (QED) is 0.197. The molecule has 1 rings (SSSR count). The molecule has 0 aliphatic carbocycles. The Balaban J connectivity index is 0.00000153. The van der Waals surface area contributed by atoms with Crippen LogP contribution in [-0.2, 0) is 32.1 Å². The van der Waals surface area contributed by atoms with E-state index in [4.69, 9.17) is 0 Å². The Morgan fingerprint density at radius 2 is 1.08 bits per heavy atom. The molecule has 0 bridgehead atoms. The summed E-state index contributed by atoms with van der Waals surface area (Å²) in [6.07, 6.45) is -47.3. The Kier molecular flexibility index (Phi) is 12.3. The average molecular weight is 770 g/mol. The Bertz CT molecular complexity index is 1290. The molecule has 0 aliphatic heterocycles. The first-order valence-corrected chi connectivity index (χ1v) is 10.5. The van der Waals surface area contributed by atoms with Crippen LogP contribution in [0.4, 0.5) is 101 Å². The molecule has 0 saturated carbocycles. The number of carbonyl (C=O) groups is 1. The van der Waals surface area contributed by atoms with Crippen LogP contribution in [-0.4, -0.2) is 71.4 Å². The number of imidazole rings is 1. The van der Waals surface area contributed by atoms with Crippen molar-refractivity contribution in [2.45, 2.75) is 66.9 Å². The van der Waals surface area contributed by atoms with Gasteiger partial charge in [0.15, 0.2) is 5.83 Å². The molecule has 1 heterocycles. The van der Waals surface area contributed by atoms with E-state index in [2.05, 4.69) is 0 Å². The van der Waals surface area contributed by atoms with E-state index >= 15 is 0 Å². The van der Waals surface area contributed by atoms with Crippen molar-refractivity contribution in [1.29, 1.82) is 0 Å². The highest BCUT2D eigenvalue weighted by Crippen LogP contribution is 2.57. The van der Waals surface area contributed by atoms with Gasteiger partial charge in [-0.05, 0) is 0 Å². The van der Waals surface area contributed by atoms with Crippen molar-refractivity contribution in [2.24, 2.45) is 7.05 Å². The number of carboxylic acid groups (broad SMARTS) is 1. The van der Waals surface area contributed by atoms with Crippen LogP contribution >= 0.6 is 0 Å². The normalized spacial score (nSPS) is 17.9. The van der Waals surface area contributed by atoms with E-state index < -0.39 is 78.7 Å². The van der Waals surface area contributed by atoms with Crippen molar-refractivity contribution in [2.75, 3.05) is 0 Å². The van der Waals surface area contributed by atoms with E-state index in [9.17, 15) is 111 Å². The Labute approximate surface area is 246 Å². The van der Waals surface area contributed by atoms with Crippen molar-refractivity contribution in [3.8, 4) is 0 Å². The molecule has 3 unspecified atom stereocenters. The second kappa shape index (κ2) is 13.2. The first kappa shape index (κ1) is 44.7. The minimum Gasteiger partial charge on any atom is -0.544 e. The zero-order chi connectivity index (χ0) is 39.1. The number of hydrogen-bond donors (Lipinski definition) is 0. The molecule has 1 aromatic heterocycles. The van der Waals surface area contributed by atoms with Crippen LogP contribution in [0, 0.1) is 0 Å². The molecular formula is C18H9F23N2O5. The largest absolute Gasteiger partial charge is 0.544 e. The second-order valence-corrected chi connectivity index (χ2v) is 8.20. The number of carboxylic acids is 1. The molecule has 48 heavy (non-hydrogen) atoms. The number of alkyl halides is 22. The van der Waals surface area contributed by atoms with Gasteiger partial charge in [-0.15, -0.1) is 0 Å². The van der Waals surface area contributed by atoms with Crippen LogP contribution in [0.2, 0.25) is 0 Å². The van der Waals surface area contributed by atoms with Gasteiger partial charge in [-0.25, -0.2) is 8.96 Å². The molecule has 0 N–H and O–H groups in total. The van der Waals surface area contributed by atoms with Gasteiger partial charge in [0.2, 0.25) is 6.33 Å². The number of ether oxygens (including phenoxy) is 3. The van der Waals surface area contributed by atoms with E-state index in [1.165, 1.54) is 33.9 Å². The topological polar surface area (TPSA) is 76.6 Å². The molecule has 0 aromatic carbocycles. The maximum absolute atomic E-state index is 13.9. The monoisotopic (exact) mass is 770 g/mol. The Morgan fingerprint density at radius 1 is 0.708 bits per heavy atom. The lowest BCUT2D eigenvalue weighted by molar-refractivity contribution is -0.671. The number of aliphatic carboxylic acids is 1. The number of rotatable bonds is 12. The smallest absolute Gasteiger partial charge is 0.459 e. The lowest BCUT2D eigenvalue weighted by Crippen LogP contribution is -2.70. The Hall–Kier alpha value is -3.31. The predicted molar refractivity (Wildman–Crippen MR) is 94.8 cm³/mol. The van der Waals surface area contributed by atoms with E-state index in [1.807, 2.05) is 0 Å². The summed E-state index contributed by atoms with van der Waals surface area (Å²) in [5.74, 6) is -31.9. The molecule has 282 valence electrons. The number of aryl methyl sites for hydroxylation is 1. The molecule has 0 amide bonds. The van der Waals surface area contributed by atoms with Crippen molar-refractivity contribution in [1.82, 2.24) is 4.57 Å².